The lowest BCUT2D eigenvalue weighted by Gasteiger charge is -2.35. The number of rotatable bonds is 4. The van der Waals surface area contributed by atoms with Crippen LogP contribution in [-0.2, 0) is 0 Å². The third-order valence-corrected chi connectivity index (χ3v) is 4.10. The smallest absolute Gasteiger partial charge is 0.337 e. The highest BCUT2D eigenvalue weighted by Crippen LogP contribution is 2.32. The molecule has 5 heteroatoms. The van der Waals surface area contributed by atoms with Crippen molar-refractivity contribution >= 4 is 23.4 Å². The van der Waals surface area contributed by atoms with Crippen LogP contribution >= 0.6 is 11.6 Å². The molecule has 1 N–H and O–H groups in total. The maximum atomic E-state index is 11.1. The summed E-state index contributed by atoms with van der Waals surface area (Å²) in [6, 6.07) is 1.87. The molecule has 0 spiro atoms. The molecule has 1 aromatic rings. The molecule has 0 bridgehead atoms. The highest BCUT2D eigenvalue weighted by Gasteiger charge is 2.24. The van der Waals surface area contributed by atoms with Crippen molar-refractivity contribution in [1.29, 1.82) is 0 Å². The molecule has 1 aromatic heterocycles. The summed E-state index contributed by atoms with van der Waals surface area (Å²) in [7, 11) is 0. The van der Waals surface area contributed by atoms with Crippen LogP contribution in [0, 0.1) is 0 Å². The van der Waals surface area contributed by atoms with Gasteiger partial charge in [0, 0.05) is 18.8 Å². The number of halogens is 1. The number of carboxylic acid groups (broad SMARTS) is 1. The van der Waals surface area contributed by atoms with E-state index in [1.165, 1.54) is 31.5 Å². The first-order chi connectivity index (χ1) is 9.15. The Kier molecular flexibility index (Phi) is 4.64. The highest BCUT2D eigenvalue weighted by molar-refractivity contribution is 6.35. The molecule has 1 fully saturated rings. The maximum Gasteiger partial charge on any atom is 0.337 e. The Bertz CT molecular complexity index is 459. The molecular formula is C14H19ClN2O2. The molecule has 0 radical (unpaired) electrons. The quantitative estimate of drug-likeness (QED) is 0.917. The summed E-state index contributed by atoms with van der Waals surface area (Å²) in [6.45, 7) is 2.85. The van der Waals surface area contributed by atoms with E-state index in [0.717, 1.165) is 19.4 Å². The van der Waals surface area contributed by atoms with Crippen LogP contribution in [0.25, 0.3) is 0 Å². The number of anilines is 1. The van der Waals surface area contributed by atoms with E-state index < -0.39 is 5.97 Å². The molecule has 1 saturated carbocycles. The van der Waals surface area contributed by atoms with Crippen LogP contribution in [0.15, 0.2) is 12.3 Å². The fraction of sp³-hybridized carbons (Fsp3) is 0.571. The van der Waals surface area contributed by atoms with Crippen molar-refractivity contribution in [3.8, 4) is 0 Å². The van der Waals surface area contributed by atoms with Crippen molar-refractivity contribution in [3.63, 3.8) is 0 Å². The van der Waals surface area contributed by atoms with Crippen LogP contribution in [0.3, 0.4) is 0 Å². The van der Waals surface area contributed by atoms with Gasteiger partial charge in [-0.2, -0.15) is 0 Å². The molecule has 19 heavy (non-hydrogen) atoms. The van der Waals surface area contributed by atoms with Crippen LogP contribution in [0.2, 0.25) is 5.02 Å². The minimum atomic E-state index is -1.01. The van der Waals surface area contributed by atoms with Crippen molar-refractivity contribution in [2.75, 3.05) is 11.4 Å². The number of hydrogen-bond donors (Lipinski definition) is 1. The van der Waals surface area contributed by atoms with Crippen LogP contribution < -0.4 is 4.90 Å². The minimum Gasteiger partial charge on any atom is -0.478 e. The van der Waals surface area contributed by atoms with Gasteiger partial charge in [0.25, 0.3) is 0 Å². The van der Waals surface area contributed by atoms with Gasteiger partial charge in [-0.25, -0.2) is 9.78 Å². The molecular weight excluding hydrogens is 264 g/mol. The Morgan fingerprint density at radius 3 is 2.74 bits per heavy atom. The van der Waals surface area contributed by atoms with Crippen LogP contribution in [0.4, 0.5) is 5.82 Å². The summed E-state index contributed by atoms with van der Waals surface area (Å²) in [5, 5.41) is 9.38. The Balaban J connectivity index is 2.32. The third-order valence-electron chi connectivity index (χ3n) is 3.73. The van der Waals surface area contributed by atoms with Gasteiger partial charge in [-0.1, -0.05) is 30.9 Å². The zero-order valence-corrected chi connectivity index (χ0v) is 11.9. The van der Waals surface area contributed by atoms with Gasteiger partial charge in [0.1, 0.15) is 5.82 Å². The molecule has 104 valence electrons. The van der Waals surface area contributed by atoms with Crippen LogP contribution in [-0.4, -0.2) is 28.6 Å². The lowest BCUT2D eigenvalue weighted by atomic mass is 9.94. The van der Waals surface area contributed by atoms with E-state index in [9.17, 15) is 4.79 Å². The molecule has 0 amide bonds. The number of nitrogens with zero attached hydrogens (tertiary/aromatic N) is 2. The fourth-order valence-corrected chi connectivity index (χ4v) is 3.07. The Labute approximate surface area is 118 Å². The average Bonchev–Trinajstić information content (AvgIpc) is 2.42. The predicted octanol–water partition coefficient (Wildman–Crippen LogP) is 3.59. The molecule has 0 saturated heterocycles. The van der Waals surface area contributed by atoms with Gasteiger partial charge in [0.2, 0.25) is 0 Å². The number of hydrogen-bond acceptors (Lipinski definition) is 3. The zero-order valence-electron chi connectivity index (χ0n) is 11.1. The average molecular weight is 283 g/mol. The van der Waals surface area contributed by atoms with Crippen molar-refractivity contribution in [1.82, 2.24) is 4.98 Å². The fourth-order valence-electron chi connectivity index (χ4n) is 2.77. The third kappa shape index (κ3) is 3.00. The molecule has 4 nitrogen and oxygen atoms in total. The largest absolute Gasteiger partial charge is 0.478 e. The van der Waals surface area contributed by atoms with Gasteiger partial charge in [0.15, 0.2) is 0 Å². The van der Waals surface area contributed by atoms with E-state index in [1.54, 1.807) is 0 Å². The van der Waals surface area contributed by atoms with Gasteiger partial charge in [0.05, 0.1) is 10.6 Å². The first-order valence-corrected chi connectivity index (χ1v) is 7.17. The van der Waals surface area contributed by atoms with Crippen molar-refractivity contribution in [3.05, 3.63) is 22.8 Å². The molecule has 1 heterocycles. The Morgan fingerprint density at radius 2 is 2.16 bits per heavy atom. The molecule has 0 atom stereocenters. The Hall–Kier alpha value is -1.29. The van der Waals surface area contributed by atoms with Crippen molar-refractivity contribution in [2.45, 2.75) is 45.1 Å². The van der Waals surface area contributed by atoms with Gasteiger partial charge < -0.3 is 10.0 Å². The van der Waals surface area contributed by atoms with E-state index in [-0.39, 0.29) is 10.6 Å². The second-order valence-corrected chi connectivity index (χ2v) is 5.26. The summed E-state index contributed by atoms with van der Waals surface area (Å²) >= 11 is 6.21. The molecule has 0 aromatic carbocycles. The Morgan fingerprint density at radius 1 is 1.47 bits per heavy atom. The zero-order chi connectivity index (χ0) is 13.8. The van der Waals surface area contributed by atoms with Crippen molar-refractivity contribution in [2.24, 2.45) is 0 Å². The van der Waals surface area contributed by atoms with Gasteiger partial charge in [-0.05, 0) is 25.8 Å². The van der Waals surface area contributed by atoms with E-state index in [0.29, 0.717) is 11.9 Å². The first kappa shape index (κ1) is 14.1. The topological polar surface area (TPSA) is 53.4 Å². The summed E-state index contributed by atoms with van der Waals surface area (Å²) in [5.41, 5.74) is 0.126. The number of carbonyl (C=O) groups is 1. The maximum absolute atomic E-state index is 11.1. The summed E-state index contributed by atoms with van der Waals surface area (Å²) < 4.78 is 0. The normalized spacial score (nSPS) is 16.3. The second-order valence-electron chi connectivity index (χ2n) is 4.88. The molecule has 2 rings (SSSR count). The van der Waals surface area contributed by atoms with E-state index in [1.807, 2.05) is 0 Å². The lowest BCUT2D eigenvalue weighted by molar-refractivity contribution is 0.0697. The van der Waals surface area contributed by atoms with Gasteiger partial charge in [-0.3, -0.25) is 0 Å². The molecule has 0 unspecified atom stereocenters. The molecule has 1 aliphatic rings. The number of aromatic carboxylic acids is 1. The summed E-state index contributed by atoms with van der Waals surface area (Å²) in [6.07, 6.45) is 7.50. The van der Waals surface area contributed by atoms with Gasteiger partial charge in [-0.15, -0.1) is 0 Å². The minimum absolute atomic E-state index is 0.126. The monoisotopic (exact) mass is 282 g/mol. The second kappa shape index (κ2) is 6.24. The van der Waals surface area contributed by atoms with Crippen LogP contribution in [0.1, 0.15) is 49.4 Å². The van der Waals surface area contributed by atoms with Gasteiger partial charge >= 0.3 is 5.97 Å². The lowest BCUT2D eigenvalue weighted by Crippen LogP contribution is -2.37. The standard InChI is InChI=1S/C14H19ClN2O2/c1-2-17(10-6-4-3-5-7-10)13-12(15)11(14(18)19)8-9-16-13/h8-10H,2-7H2,1H3,(H,18,19). The van der Waals surface area contributed by atoms with Crippen LogP contribution in [0.5, 0.6) is 0 Å². The SMILES string of the molecule is CCN(c1nccc(C(=O)O)c1Cl)C1CCCCC1. The van der Waals surface area contributed by atoms with E-state index in [2.05, 4.69) is 16.8 Å². The first-order valence-electron chi connectivity index (χ1n) is 6.79. The number of aromatic nitrogens is 1. The van der Waals surface area contributed by atoms with E-state index in [4.69, 9.17) is 16.7 Å². The molecule has 0 aliphatic heterocycles. The predicted molar refractivity (Wildman–Crippen MR) is 76.1 cm³/mol. The van der Waals surface area contributed by atoms with E-state index >= 15 is 0 Å². The molecule has 1 aliphatic carbocycles. The number of pyridine rings is 1. The van der Waals surface area contributed by atoms with Crippen molar-refractivity contribution < 1.29 is 9.90 Å². The highest BCUT2D eigenvalue weighted by atomic mass is 35.5. The summed E-state index contributed by atoms with van der Waals surface area (Å²) in [5.74, 6) is -0.399. The number of carboxylic acids is 1. The summed E-state index contributed by atoms with van der Waals surface area (Å²) in [4.78, 5) is 17.6.